The van der Waals surface area contributed by atoms with Gasteiger partial charge in [-0.1, -0.05) is 45.0 Å². The van der Waals surface area contributed by atoms with Crippen LogP contribution in [-0.2, 0) is 11.8 Å². The first-order chi connectivity index (χ1) is 7.95. The topological polar surface area (TPSA) is 0 Å². The molecule has 2 atom stereocenters. The van der Waals surface area contributed by atoms with E-state index >= 15 is 0 Å². The van der Waals surface area contributed by atoms with Crippen LogP contribution in [0.5, 0.6) is 0 Å². The molecule has 0 nitrogen and oxygen atoms in total. The Morgan fingerprint density at radius 3 is 2.24 bits per heavy atom. The molecule has 17 heavy (non-hydrogen) atoms. The fourth-order valence-electron chi connectivity index (χ4n) is 2.67. The van der Waals surface area contributed by atoms with Gasteiger partial charge in [-0.15, -0.1) is 11.6 Å². The lowest BCUT2D eigenvalue weighted by molar-refractivity contribution is 0.546. The summed E-state index contributed by atoms with van der Waals surface area (Å²) in [6.07, 6.45) is 4.90. The maximum atomic E-state index is 6.16. The third-order valence-corrected chi connectivity index (χ3v) is 4.22. The number of rotatable bonds is 2. The van der Waals surface area contributed by atoms with Crippen LogP contribution in [0.2, 0.25) is 0 Å². The van der Waals surface area contributed by atoms with Crippen molar-refractivity contribution in [3.8, 4) is 0 Å². The summed E-state index contributed by atoms with van der Waals surface area (Å²) in [6, 6.07) is 9.15. The summed E-state index contributed by atoms with van der Waals surface area (Å²) < 4.78 is 0. The van der Waals surface area contributed by atoms with Gasteiger partial charge in [0.1, 0.15) is 0 Å². The summed E-state index contributed by atoms with van der Waals surface area (Å²) in [4.78, 5) is 0. The molecule has 1 aliphatic carbocycles. The predicted octanol–water partition coefficient (Wildman–Crippen LogP) is 4.93. The van der Waals surface area contributed by atoms with Gasteiger partial charge in [-0.25, -0.2) is 0 Å². The lowest BCUT2D eigenvalue weighted by Crippen LogP contribution is -2.11. The monoisotopic (exact) mass is 250 g/mol. The fourth-order valence-corrected chi connectivity index (χ4v) is 3.05. The molecule has 1 saturated carbocycles. The van der Waals surface area contributed by atoms with Gasteiger partial charge in [0.15, 0.2) is 0 Å². The molecule has 0 saturated heterocycles. The summed E-state index contributed by atoms with van der Waals surface area (Å²) in [7, 11) is 0. The largest absolute Gasteiger partial charge is 0.123 e. The van der Waals surface area contributed by atoms with E-state index in [0.29, 0.717) is 5.38 Å². The van der Waals surface area contributed by atoms with Gasteiger partial charge in [-0.2, -0.15) is 0 Å². The number of alkyl halides is 1. The Hall–Kier alpha value is -0.490. The highest BCUT2D eigenvalue weighted by molar-refractivity contribution is 6.20. The van der Waals surface area contributed by atoms with Crippen molar-refractivity contribution in [2.24, 2.45) is 5.92 Å². The smallest absolute Gasteiger partial charge is 0.0338 e. The minimum Gasteiger partial charge on any atom is -0.123 e. The number of hydrogen-bond donors (Lipinski definition) is 0. The van der Waals surface area contributed by atoms with E-state index in [1.165, 1.54) is 36.8 Å². The third-order valence-electron chi connectivity index (χ3n) is 3.82. The minimum absolute atomic E-state index is 0.257. The first-order valence-corrected chi connectivity index (χ1v) is 7.12. The van der Waals surface area contributed by atoms with Crippen LogP contribution in [-0.4, -0.2) is 5.38 Å². The molecule has 94 valence electrons. The zero-order valence-electron chi connectivity index (χ0n) is 11.2. The summed E-state index contributed by atoms with van der Waals surface area (Å²) in [6.45, 7) is 6.78. The molecule has 0 heterocycles. The van der Waals surface area contributed by atoms with Gasteiger partial charge in [0.2, 0.25) is 0 Å². The van der Waals surface area contributed by atoms with Crippen molar-refractivity contribution in [3.63, 3.8) is 0 Å². The van der Waals surface area contributed by atoms with E-state index in [0.717, 1.165) is 5.92 Å². The van der Waals surface area contributed by atoms with Crippen molar-refractivity contribution in [1.29, 1.82) is 0 Å². The number of benzene rings is 1. The van der Waals surface area contributed by atoms with E-state index in [4.69, 9.17) is 11.6 Å². The van der Waals surface area contributed by atoms with Crippen molar-refractivity contribution in [2.45, 2.75) is 57.2 Å². The van der Waals surface area contributed by atoms with Crippen LogP contribution in [0.15, 0.2) is 24.3 Å². The highest BCUT2D eigenvalue weighted by atomic mass is 35.5. The lowest BCUT2D eigenvalue weighted by atomic mass is 9.86. The summed E-state index contributed by atoms with van der Waals surface area (Å²) in [5.74, 6) is 0.804. The number of hydrogen-bond acceptors (Lipinski definition) is 0. The van der Waals surface area contributed by atoms with E-state index in [2.05, 4.69) is 45.0 Å². The van der Waals surface area contributed by atoms with Crippen molar-refractivity contribution >= 4 is 11.6 Å². The van der Waals surface area contributed by atoms with Crippen LogP contribution in [0.25, 0.3) is 0 Å². The van der Waals surface area contributed by atoms with E-state index in [1.54, 1.807) is 0 Å². The van der Waals surface area contributed by atoms with Crippen molar-refractivity contribution < 1.29 is 0 Å². The maximum absolute atomic E-state index is 6.16. The molecule has 0 radical (unpaired) electrons. The molecule has 0 amide bonds. The van der Waals surface area contributed by atoms with E-state index in [9.17, 15) is 0 Å². The van der Waals surface area contributed by atoms with Crippen molar-refractivity contribution in [1.82, 2.24) is 0 Å². The van der Waals surface area contributed by atoms with Gasteiger partial charge in [0.25, 0.3) is 0 Å². The zero-order chi connectivity index (χ0) is 12.5. The Labute approximate surface area is 110 Å². The molecule has 2 rings (SSSR count). The Morgan fingerprint density at radius 2 is 1.76 bits per heavy atom. The SMILES string of the molecule is CC(C)(C)c1ccc(CC2CCC(Cl)C2)cc1. The highest BCUT2D eigenvalue weighted by Crippen LogP contribution is 2.32. The van der Waals surface area contributed by atoms with Gasteiger partial charge in [0.05, 0.1) is 0 Å². The standard InChI is InChI=1S/C16H23Cl/c1-16(2,3)14-7-4-12(5-8-14)10-13-6-9-15(17)11-13/h4-5,7-8,13,15H,6,9-11H2,1-3H3. The molecular weight excluding hydrogens is 228 g/mol. The second-order valence-electron chi connectivity index (χ2n) is 6.43. The van der Waals surface area contributed by atoms with Crippen LogP contribution in [0.1, 0.15) is 51.2 Å². The number of halogens is 1. The molecule has 0 N–H and O–H groups in total. The quantitative estimate of drug-likeness (QED) is 0.653. The molecule has 1 heteroatoms. The Kier molecular flexibility index (Phi) is 3.82. The molecule has 1 fully saturated rings. The second kappa shape index (κ2) is 5.02. The van der Waals surface area contributed by atoms with Gasteiger partial charge in [0, 0.05) is 5.38 Å². The van der Waals surface area contributed by atoms with Gasteiger partial charge < -0.3 is 0 Å². The van der Waals surface area contributed by atoms with Crippen LogP contribution in [0.3, 0.4) is 0 Å². The molecule has 1 aliphatic rings. The molecule has 0 aliphatic heterocycles. The molecule has 1 aromatic rings. The van der Waals surface area contributed by atoms with Crippen molar-refractivity contribution in [2.75, 3.05) is 0 Å². The predicted molar refractivity (Wildman–Crippen MR) is 75.8 cm³/mol. The van der Waals surface area contributed by atoms with Gasteiger partial charge in [-0.05, 0) is 48.1 Å². The highest BCUT2D eigenvalue weighted by Gasteiger charge is 2.23. The molecule has 0 spiro atoms. The zero-order valence-corrected chi connectivity index (χ0v) is 11.9. The third kappa shape index (κ3) is 3.48. The Balaban J connectivity index is 1.99. The summed E-state index contributed by atoms with van der Waals surface area (Å²) in [5, 5.41) is 0.425. The normalized spacial score (nSPS) is 25.2. The van der Waals surface area contributed by atoms with Gasteiger partial charge >= 0.3 is 0 Å². The average Bonchev–Trinajstić information content (AvgIpc) is 2.63. The van der Waals surface area contributed by atoms with Crippen LogP contribution >= 0.6 is 11.6 Å². The molecule has 2 unspecified atom stereocenters. The lowest BCUT2D eigenvalue weighted by Gasteiger charge is -2.19. The van der Waals surface area contributed by atoms with E-state index < -0.39 is 0 Å². The van der Waals surface area contributed by atoms with Crippen LogP contribution in [0, 0.1) is 5.92 Å². The summed E-state index contributed by atoms with van der Waals surface area (Å²) >= 11 is 6.16. The Bertz CT molecular complexity index is 358. The second-order valence-corrected chi connectivity index (χ2v) is 7.04. The van der Waals surface area contributed by atoms with Crippen LogP contribution < -0.4 is 0 Å². The molecule has 1 aromatic carbocycles. The minimum atomic E-state index is 0.257. The average molecular weight is 251 g/mol. The summed E-state index contributed by atoms with van der Waals surface area (Å²) in [5.41, 5.74) is 3.14. The fraction of sp³-hybridized carbons (Fsp3) is 0.625. The molecule has 0 bridgehead atoms. The van der Waals surface area contributed by atoms with E-state index in [-0.39, 0.29) is 5.41 Å². The molecule has 0 aromatic heterocycles. The van der Waals surface area contributed by atoms with Crippen LogP contribution in [0.4, 0.5) is 0 Å². The van der Waals surface area contributed by atoms with E-state index in [1.807, 2.05) is 0 Å². The Morgan fingerprint density at radius 1 is 1.12 bits per heavy atom. The van der Waals surface area contributed by atoms with Crippen molar-refractivity contribution in [3.05, 3.63) is 35.4 Å². The van der Waals surface area contributed by atoms with Gasteiger partial charge in [-0.3, -0.25) is 0 Å². The molecular formula is C16H23Cl. The maximum Gasteiger partial charge on any atom is 0.0338 e. The first-order valence-electron chi connectivity index (χ1n) is 6.68. The first kappa shape index (κ1) is 13.0.